The highest BCUT2D eigenvalue weighted by atomic mass is 35.5. The minimum atomic E-state index is -0.616. The zero-order chi connectivity index (χ0) is 20.8. The van der Waals surface area contributed by atoms with Gasteiger partial charge in [-0.25, -0.2) is 4.99 Å². The molecule has 0 aliphatic carbocycles. The lowest BCUT2D eigenvalue weighted by Gasteiger charge is -2.36. The lowest BCUT2D eigenvalue weighted by atomic mass is 10.2. The third kappa shape index (κ3) is 5.51. The van der Waals surface area contributed by atoms with Crippen LogP contribution in [0.3, 0.4) is 0 Å². The fourth-order valence-corrected chi connectivity index (χ4v) is 3.17. The molecule has 0 spiro atoms. The van der Waals surface area contributed by atoms with Crippen LogP contribution in [0.4, 0.5) is 0 Å². The molecule has 1 aromatic carbocycles. The van der Waals surface area contributed by atoms with E-state index in [4.69, 9.17) is 21.8 Å². The van der Waals surface area contributed by atoms with Gasteiger partial charge in [0.1, 0.15) is 12.3 Å². The molecule has 0 atom stereocenters. The standard InChI is InChI=1S/C20H24ClN5O3/c1-2-23-20(24-11-16-7-8-17(29-16)19(22)28)26-10-9-25(18(27)13-26)12-14-3-5-15(21)6-4-14/h3-8H,2,9-13H2,1H3,(H2,22,28)(H,23,24). The molecule has 1 fully saturated rings. The summed E-state index contributed by atoms with van der Waals surface area (Å²) in [5.41, 5.74) is 6.24. The van der Waals surface area contributed by atoms with Crippen LogP contribution in [0.25, 0.3) is 0 Å². The van der Waals surface area contributed by atoms with E-state index in [9.17, 15) is 9.59 Å². The SMILES string of the molecule is CCNC(=NCc1ccc(C(N)=O)o1)N1CCN(Cc2ccc(Cl)cc2)C(=O)C1. The van der Waals surface area contributed by atoms with Gasteiger partial charge in [-0.15, -0.1) is 0 Å². The number of carbonyl (C=O) groups is 2. The Kier molecular flexibility index (Phi) is 6.77. The van der Waals surface area contributed by atoms with Gasteiger partial charge in [0.15, 0.2) is 11.7 Å². The highest BCUT2D eigenvalue weighted by Gasteiger charge is 2.26. The number of primary amides is 1. The third-order valence-corrected chi connectivity index (χ3v) is 4.78. The second-order valence-corrected chi connectivity index (χ2v) is 7.10. The predicted octanol–water partition coefficient (Wildman–Crippen LogP) is 1.84. The first-order valence-electron chi connectivity index (χ1n) is 9.40. The molecule has 1 aliphatic heterocycles. The minimum absolute atomic E-state index is 0.0332. The number of carbonyl (C=O) groups excluding carboxylic acids is 2. The molecule has 3 N–H and O–H groups in total. The largest absolute Gasteiger partial charge is 0.454 e. The number of piperazine rings is 1. The van der Waals surface area contributed by atoms with Crippen molar-refractivity contribution in [2.45, 2.75) is 20.0 Å². The Morgan fingerprint density at radius 3 is 2.62 bits per heavy atom. The molecular formula is C20H24ClN5O3. The number of furan rings is 1. The van der Waals surface area contributed by atoms with Gasteiger partial charge in [-0.1, -0.05) is 23.7 Å². The third-order valence-electron chi connectivity index (χ3n) is 4.53. The molecule has 0 bridgehead atoms. The predicted molar refractivity (Wildman–Crippen MR) is 110 cm³/mol. The van der Waals surface area contributed by atoms with Crippen LogP contribution in [0.2, 0.25) is 5.02 Å². The second-order valence-electron chi connectivity index (χ2n) is 6.66. The van der Waals surface area contributed by atoms with Crippen molar-refractivity contribution in [1.29, 1.82) is 0 Å². The minimum Gasteiger partial charge on any atom is -0.454 e. The molecule has 29 heavy (non-hydrogen) atoms. The fraction of sp³-hybridized carbons (Fsp3) is 0.350. The van der Waals surface area contributed by atoms with Crippen LogP contribution >= 0.6 is 11.6 Å². The summed E-state index contributed by atoms with van der Waals surface area (Å²) in [6, 6.07) is 10.7. The Morgan fingerprint density at radius 1 is 1.24 bits per heavy atom. The molecule has 1 aromatic heterocycles. The summed E-state index contributed by atoms with van der Waals surface area (Å²) in [7, 11) is 0. The van der Waals surface area contributed by atoms with E-state index in [2.05, 4.69) is 10.3 Å². The van der Waals surface area contributed by atoms with Crippen molar-refractivity contribution in [2.24, 2.45) is 10.7 Å². The van der Waals surface area contributed by atoms with Gasteiger partial charge in [0, 0.05) is 31.2 Å². The van der Waals surface area contributed by atoms with Crippen molar-refractivity contribution in [1.82, 2.24) is 15.1 Å². The number of hydrogen-bond acceptors (Lipinski definition) is 4. The van der Waals surface area contributed by atoms with Crippen molar-refractivity contribution in [3.05, 3.63) is 58.5 Å². The zero-order valence-electron chi connectivity index (χ0n) is 16.2. The fourth-order valence-electron chi connectivity index (χ4n) is 3.04. The van der Waals surface area contributed by atoms with Gasteiger partial charge in [0.05, 0.1) is 6.54 Å². The molecule has 0 saturated carbocycles. The highest BCUT2D eigenvalue weighted by molar-refractivity contribution is 6.30. The van der Waals surface area contributed by atoms with Gasteiger partial charge < -0.3 is 25.3 Å². The van der Waals surface area contributed by atoms with Crippen LogP contribution in [-0.4, -0.2) is 53.8 Å². The summed E-state index contributed by atoms with van der Waals surface area (Å²) < 4.78 is 5.36. The lowest BCUT2D eigenvalue weighted by Crippen LogP contribution is -2.54. The second kappa shape index (κ2) is 9.47. The number of guanidine groups is 1. The topological polar surface area (TPSA) is 104 Å². The van der Waals surface area contributed by atoms with E-state index in [0.717, 1.165) is 5.56 Å². The van der Waals surface area contributed by atoms with Crippen LogP contribution < -0.4 is 11.1 Å². The van der Waals surface area contributed by atoms with Crippen LogP contribution in [0.5, 0.6) is 0 Å². The number of amides is 2. The Morgan fingerprint density at radius 2 is 2.00 bits per heavy atom. The van der Waals surface area contributed by atoms with Gasteiger partial charge in [0.2, 0.25) is 5.91 Å². The van der Waals surface area contributed by atoms with Crippen molar-refractivity contribution in [3.63, 3.8) is 0 Å². The van der Waals surface area contributed by atoms with Gasteiger partial charge in [-0.05, 0) is 36.8 Å². The first-order chi connectivity index (χ1) is 14.0. The Hall–Kier alpha value is -3.00. The maximum absolute atomic E-state index is 12.6. The number of benzene rings is 1. The number of halogens is 1. The molecule has 8 nitrogen and oxygen atoms in total. The van der Waals surface area contributed by atoms with E-state index in [1.54, 1.807) is 6.07 Å². The van der Waals surface area contributed by atoms with E-state index in [1.165, 1.54) is 6.07 Å². The van der Waals surface area contributed by atoms with Gasteiger partial charge in [-0.2, -0.15) is 0 Å². The van der Waals surface area contributed by atoms with Gasteiger partial charge in [-0.3, -0.25) is 9.59 Å². The Balaban J connectivity index is 1.62. The summed E-state index contributed by atoms with van der Waals surface area (Å²) in [5, 5.41) is 3.88. The van der Waals surface area contributed by atoms with Crippen molar-refractivity contribution >= 4 is 29.4 Å². The smallest absolute Gasteiger partial charge is 0.284 e. The number of nitrogens with one attached hydrogen (secondary N) is 1. The summed E-state index contributed by atoms with van der Waals surface area (Å²) >= 11 is 5.92. The van der Waals surface area contributed by atoms with Crippen molar-refractivity contribution in [3.8, 4) is 0 Å². The van der Waals surface area contributed by atoms with Crippen molar-refractivity contribution < 1.29 is 14.0 Å². The van der Waals surface area contributed by atoms with Crippen LogP contribution in [0.1, 0.15) is 28.8 Å². The molecule has 1 aliphatic rings. The first kappa shape index (κ1) is 20.7. The monoisotopic (exact) mass is 417 g/mol. The molecule has 0 radical (unpaired) electrons. The molecule has 154 valence electrons. The molecule has 9 heteroatoms. The van der Waals surface area contributed by atoms with E-state index in [1.807, 2.05) is 41.0 Å². The molecule has 2 heterocycles. The molecule has 0 unspecified atom stereocenters. The summed E-state index contributed by atoms with van der Waals surface area (Å²) in [6.45, 7) is 4.93. The van der Waals surface area contributed by atoms with Crippen LogP contribution in [0, 0.1) is 0 Å². The summed E-state index contributed by atoms with van der Waals surface area (Å²) in [6.07, 6.45) is 0. The molecule has 1 saturated heterocycles. The van der Waals surface area contributed by atoms with Gasteiger partial charge in [0.25, 0.3) is 5.91 Å². The lowest BCUT2D eigenvalue weighted by molar-refractivity contribution is -0.135. The zero-order valence-corrected chi connectivity index (χ0v) is 17.0. The maximum Gasteiger partial charge on any atom is 0.284 e. The molecule has 3 rings (SSSR count). The normalized spacial score (nSPS) is 15.0. The summed E-state index contributed by atoms with van der Waals surface area (Å²) in [4.78, 5) is 32.1. The van der Waals surface area contributed by atoms with E-state index in [0.29, 0.717) is 42.9 Å². The number of nitrogens with two attached hydrogens (primary N) is 1. The Bertz CT molecular complexity index is 894. The number of hydrogen-bond donors (Lipinski definition) is 2. The van der Waals surface area contributed by atoms with E-state index in [-0.39, 0.29) is 24.8 Å². The van der Waals surface area contributed by atoms with Gasteiger partial charge >= 0.3 is 0 Å². The van der Waals surface area contributed by atoms with Crippen LogP contribution in [0.15, 0.2) is 45.8 Å². The van der Waals surface area contributed by atoms with E-state index >= 15 is 0 Å². The quantitative estimate of drug-likeness (QED) is 0.551. The maximum atomic E-state index is 12.6. The molecular weight excluding hydrogens is 394 g/mol. The van der Waals surface area contributed by atoms with Crippen molar-refractivity contribution in [2.75, 3.05) is 26.2 Å². The highest BCUT2D eigenvalue weighted by Crippen LogP contribution is 2.14. The average molecular weight is 418 g/mol. The number of aliphatic imine (C=N–C) groups is 1. The van der Waals surface area contributed by atoms with E-state index < -0.39 is 5.91 Å². The average Bonchev–Trinajstić information content (AvgIpc) is 3.18. The molecule has 2 amide bonds. The Labute approximate surface area is 174 Å². The number of rotatable bonds is 6. The van der Waals surface area contributed by atoms with Crippen LogP contribution in [-0.2, 0) is 17.9 Å². The number of nitrogens with zero attached hydrogens (tertiary/aromatic N) is 3. The summed E-state index contributed by atoms with van der Waals surface area (Å²) in [5.74, 6) is 0.678. The first-order valence-corrected chi connectivity index (χ1v) is 9.78. The molecule has 2 aromatic rings.